The molecule has 1 aliphatic heterocycles. The Bertz CT molecular complexity index is 1220. The number of hydrogen-bond acceptors (Lipinski definition) is 6. The van der Waals surface area contributed by atoms with Gasteiger partial charge in [-0.2, -0.15) is 0 Å². The molecule has 0 N–H and O–H groups in total. The van der Waals surface area contributed by atoms with E-state index in [1.165, 1.54) is 31.3 Å². The van der Waals surface area contributed by atoms with Crippen LogP contribution in [-0.2, 0) is 19.6 Å². The van der Waals surface area contributed by atoms with Crippen molar-refractivity contribution < 1.29 is 27.5 Å². The molecule has 0 saturated carbocycles. The van der Waals surface area contributed by atoms with Crippen LogP contribution in [0.3, 0.4) is 0 Å². The highest BCUT2D eigenvalue weighted by molar-refractivity contribution is 7.92. The van der Waals surface area contributed by atoms with Crippen LogP contribution in [0, 0.1) is 0 Å². The van der Waals surface area contributed by atoms with Crippen LogP contribution in [0.4, 0.5) is 5.69 Å². The Kier molecular flexibility index (Phi) is 5.48. The van der Waals surface area contributed by atoms with Gasteiger partial charge in [0.25, 0.3) is 10.0 Å². The van der Waals surface area contributed by atoms with Gasteiger partial charge in [-0.15, -0.1) is 0 Å². The average Bonchev–Trinajstić information content (AvgIpc) is 3.09. The molecule has 158 valence electrons. The van der Waals surface area contributed by atoms with E-state index in [2.05, 4.69) is 0 Å². The van der Waals surface area contributed by atoms with Crippen LogP contribution in [0.1, 0.15) is 28.4 Å². The molecule has 3 aromatic rings. The lowest BCUT2D eigenvalue weighted by molar-refractivity contribution is -0.136. The molecule has 7 nitrogen and oxygen atoms in total. The Morgan fingerprint density at radius 1 is 0.968 bits per heavy atom. The highest BCUT2D eigenvalue weighted by Crippen LogP contribution is 2.33. The summed E-state index contributed by atoms with van der Waals surface area (Å²) in [4.78, 5) is 24.4. The number of sulfonamides is 1. The van der Waals surface area contributed by atoms with Crippen LogP contribution in [0.25, 0.3) is 0 Å². The summed E-state index contributed by atoms with van der Waals surface area (Å²) in [7, 11) is -2.25. The number of rotatable bonds is 6. The van der Waals surface area contributed by atoms with Gasteiger partial charge >= 0.3 is 11.9 Å². The summed E-state index contributed by atoms with van der Waals surface area (Å²) in [5.41, 5.74) is 1.53. The summed E-state index contributed by atoms with van der Waals surface area (Å²) in [5, 5.41) is 0. The van der Waals surface area contributed by atoms with Gasteiger partial charge in [-0.25, -0.2) is 13.2 Å². The number of cyclic esters (lactones) is 1. The van der Waals surface area contributed by atoms with E-state index >= 15 is 0 Å². The van der Waals surface area contributed by atoms with Crippen molar-refractivity contribution in [3.8, 4) is 5.75 Å². The van der Waals surface area contributed by atoms with Crippen LogP contribution < -0.4 is 9.04 Å². The highest BCUT2D eigenvalue weighted by Gasteiger charge is 2.32. The summed E-state index contributed by atoms with van der Waals surface area (Å²) < 4.78 is 37.2. The number of nitrogens with zero attached hydrogens (tertiary/aromatic N) is 1. The van der Waals surface area contributed by atoms with Crippen LogP contribution in [0.2, 0.25) is 0 Å². The molecule has 4 rings (SSSR count). The molecule has 0 fully saturated rings. The number of ether oxygens (including phenoxy) is 2. The Labute approximate surface area is 179 Å². The van der Waals surface area contributed by atoms with Crippen molar-refractivity contribution in [1.82, 2.24) is 0 Å². The van der Waals surface area contributed by atoms with E-state index in [0.29, 0.717) is 16.8 Å². The van der Waals surface area contributed by atoms with Crippen molar-refractivity contribution in [1.29, 1.82) is 0 Å². The van der Waals surface area contributed by atoms with Gasteiger partial charge in [0, 0.05) is 12.6 Å². The zero-order chi connectivity index (χ0) is 22.0. The molecule has 0 saturated heterocycles. The molecule has 1 aliphatic rings. The lowest BCUT2D eigenvalue weighted by Crippen LogP contribution is -2.26. The minimum absolute atomic E-state index is 0.118. The van der Waals surface area contributed by atoms with Crippen LogP contribution in [-0.4, -0.2) is 27.4 Å². The van der Waals surface area contributed by atoms with Crippen molar-refractivity contribution in [2.75, 3.05) is 11.4 Å². The highest BCUT2D eigenvalue weighted by atomic mass is 32.2. The van der Waals surface area contributed by atoms with Gasteiger partial charge in [0.05, 0.1) is 22.6 Å². The first-order valence-corrected chi connectivity index (χ1v) is 10.9. The smallest absolute Gasteiger partial charge is 0.339 e. The fraction of sp³-hybridized carbons (Fsp3) is 0.130. The first-order valence-electron chi connectivity index (χ1n) is 9.51. The van der Waals surface area contributed by atoms with E-state index in [1.807, 2.05) is 0 Å². The van der Waals surface area contributed by atoms with Gasteiger partial charge in [-0.05, 0) is 42.5 Å². The average molecular weight is 437 g/mol. The first kappa shape index (κ1) is 20.6. The number of carbonyl (C=O) groups excluding carboxylic acids is 2. The largest absolute Gasteiger partial charge is 0.453 e. The molecular weight excluding hydrogens is 418 g/mol. The van der Waals surface area contributed by atoms with Gasteiger partial charge in [0.2, 0.25) is 0 Å². The molecule has 31 heavy (non-hydrogen) atoms. The Morgan fingerprint density at radius 3 is 2.32 bits per heavy atom. The Morgan fingerprint density at radius 2 is 1.61 bits per heavy atom. The van der Waals surface area contributed by atoms with Crippen molar-refractivity contribution in [2.24, 2.45) is 0 Å². The predicted molar refractivity (Wildman–Crippen MR) is 113 cm³/mol. The van der Waals surface area contributed by atoms with Crippen molar-refractivity contribution >= 4 is 27.6 Å². The lowest BCUT2D eigenvalue weighted by atomic mass is 10.0. The third-order valence-corrected chi connectivity index (χ3v) is 6.76. The molecule has 0 aliphatic carbocycles. The Balaban J connectivity index is 1.42. The molecule has 1 atom stereocenters. The van der Waals surface area contributed by atoms with E-state index in [1.54, 1.807) is 54.6 Å². The van der Waals surface area contributed by atoms with E-state index in [9.17, 15) is 18.0 Å². The molecule has 0 bridgehead atoms. The van der Waals surface area contributed by atoms with Gasteiger partial charge in [0.1, 0.15) is 11.9 Å². The number of fused-ring (bicyclic) bond motifs is 1. The van der Waals surface area contributed by atoms with E-state index in [4.69, 9.17) is 9.47 Å². The first-order chi connectivity index (χ1) is 14.9. The second-order valence-corrected chi connectivity index (χ2v) is 8.91. The number of carbonyl (C=O) groups is 2. The predicted octanol–water partition coefficient (Wildman–Crippen LogP) is 3.72. The molecule has 3 aromatic carbocycles. The molecular formula is C23H19NO6S. The number of anilines is 1. The zero-order valence-corrected chi connectivity index (χ0v) is 17.4. The molecule has 0 radical (unpaired) electrons. The molecule has 0 spiro atoms. The minimum Gasteiger partial charge on any atom is -0.453 e. The SMILES string of the molecule is CN(c1ccc(OC(=O)C[C@@H]2OC(=O)c3ccccc32)cc1)S(=O)(=O)c1ccccc1. The van der Waals surface area contributed by atoms with E-state index < -0.39 is 28.1 Å². The molecule has 0 aromatic heterocycles. The maximum absolute atomic E-state index is 12.7. The molecule has 8 heteroatoms. The minimum atomic E-state index is -3.70. The second-order valence-electron chi connectivity index (χ2n) is 6.94. The van der Waals surface area contributed by atoms with Gasteiger partial charge in [0.15, 0.2) is 0 Å². The maximum Gasteiger partial charge on any atom is 0.339 e. The lowest BCUT2D eigenvalue weighted by Gasteiger charge is -2.19. The molecule has 0 amide bonds. The summed E-state index contributed by atoms with van der Waals surface area (Å²) in [6.45, 7) is 0. The molecule has 0 unspecified atom stereocenters. The van der Waals surface area contributed by atoms with Crippen LogP contribution in [0.5, 0.6) is 5.75 Å². The third-order valence-electron chi connectivity index (χ3n) is 4.96. The summed E-state index contributed by atoms with van der Waals surface area (Å²) >= 11 is 0. The van der Waals surface area contributed by atoms with Crippen molar-refractivity contribution in [3.05, 3.63) is 90.0 Å². The van der Waals surface area contributed by atoms with Gasteiger partial charge in [-0.1, -0.05) is 36.4 Å². The normalized spacial score (nSPS) is 15.1. The monoisotopic (exact) mass is 437 g/mol. The quantitative estimate of drug-likeness (QED) is 0.431. The number of hydrogen-bond donors (Lipinski definition) is 0. The second kappa shape index (κ2) is 8.23. The Hall–Kier alpha value is -3.65. The number of benzene rings is 3. The standard InChI is InChI=1S/C23H19NO6S/c1-24(31(27,28)18-7-3-2-4-8-18)16-11-13-17(14-12-16)29-22(25)15-21-19-9-5-6-10-20(19)23(26)30-21/h2-14,21H,15H2,1H3/t21-/m0/s1. The number of esters is 2. The summed E-state index contributed by atoms with van der Waals surface area (Å²) in [6.07, 6.45) is -0.801. The van der Waals surface area contributed by atoms with E-state index in [0.717, 1.165) is 4.31 Å². The summed E-state index contributed by atoms with van der Waals surface area (Å²) in [6, 6.07) is 21.1. The van der Waals surface area contributed by atoms with Crippen molar-refractivity contribution in [2.45, 2.75) is 17.4 Å². The van der Waals surface area contributed by atoms with Gasteiger partial charge < -0.3 is 9.47 Å². The molecule has 1 heterocycles. The maximum atomic E-state index is 12.7. The fourth-order valence-corrected chi connectivity index (χ4v) is 4.53. The van der Waals surface area contributed by atoms with Crippen molar-refractivity contribution in [3.63, 3.8) is 0 Å². The van der Waals surface area contributed by atoms with Crippen LogP contribution >= 0.6 is 0 Å². The zero-order valence-electron chi connectivity index (χ0n) is 16.6. The van der Waals surface area contributed by atoms with Crippen LogP contribution in [0.15, 0.2) is 83.8 Å². The fourth-order valence-electron chi connectivity index (χ4n) is 3.31. The topological polar surface area (TPSA) is 90.0 Å². The van der Waals surface area contributed by atoms with E-state index in [-0.39, 0.29) is 17.1 Å². The van der Waals surface area contributed by atoms with Gasteiger partial charge in [-0.3, -0.25) is 9.10 Å². The third kappa shape index (κ3) is 4.15. The summed E-state index contributed by atoms with van der Waals surface area (Å²) in [5.74, 6) is -0.759.